The van der Waals surface area contributed by atoms with Crippen LogP contribution >= 0.6 is 0 Å². The second kappa shape index (κ2) is 6.06. The molecule has 4 atom stereocenters. The summed E-state index contributed by atoms with van der Waals surface area (Å²) in [5, 5.41) is 0. The topological polar surface area (TPSA) is 37.4 Å². The van der Waals surface area contributed by atoms with Gasteiger partial charge in [0.15, 0.2) is 0 Å². The van der Waals surface area contributed by atoms with Gasteiger partial charge in [-0.1, -0.05) is 33.1 Å². The summed E-state index contributed by atoms with van der Waals surface area (Å²) < 4.78 is 0. The Kier molecular flexibility index (Phi) is 4.64. The molecule has 108 valence electrons. The highest BCUT2D eigenvalue weighted by Gasteiger charge is 2.40. The van der Waals surface area contributed by atoms with Gasteiger partial charge in [0.1, 0.15) is 5.78 Å². The van der Waals surface area contributed by atoms with Crippen LogP contribution in [0.2, 0.25) is 0 Å². The molecule has 0 radical (unpaired) electrons. The van der Waals surface area contributed by atoms with E-state index in [-0.39, 0.29) is 17.7 Å². The molecule has 0 aromatic carbocycles. The van der Waals surface area contributed by atoms with E-state index in [4.69, 9.17) is 0 Å². The van der Waals surface area contributed by atoms with Crippen LogP contribution in [0.1, 0.15) is 52.4 Å². The van der Waals surface area contributed by atoms with Crippen LogP contribution in [0.3, 0.4) is 0 Å². The maximum atomic E-state index is 12.7. The van der Waals surface area contributed by atoms with Crippen molar-refractivity contribution in [2.45, 2.75) is 52.4 Å². The predicted octanol–water partition coefficient (Wildman–Crippen LogP) is 2.89. The highest BCUT2D eigenvalue weighted by Crippen LogP contribution is 2.39. The number of amides is 1. The first-order chi connectivity index (χ1) is 9.04. The van der Waals surface area contributed by atoms with Gasteiger partial charge in [0.05, 0.1) is 0 Å². The second-order valence-corrected chi connectivity index (χ2v) is 6.52. The van der Waals surface area contributed by atoms with E-state index >= 15 is 0 Å². The highest BCUT2D eigenvalue weighted by atomic mass is 16.2. The average molecular weight is 265 g/mol. The van der Waals surface area contributed by atoms with Gasteiger partial charge in [0.25, 0.3) is 0 Å². The van der Waals surface area contributed by atoms with Gasteiger partial charge >= 0.3 is 0 Å². The number of carbonyl (C=O) groups excluding carboxylic acids is 2. The van der Waals surface area contributed by atoms with Crippen molar-refractivity contribution in [1.82, 2.24) is 4.90 Å². The van der Waals surface area contributed by atoms with E-state index in [0.717, 1.165) is 12.8 Å². The lowest BCUT2D eigenvalue weighted by atomic mass is 9.68. The molecule has 0 N–H and O–H groups in total. The third-order valence-electron chi connectivity index (χ3n) is 5.30. The maximum absolute atomic E-state index is 12.7. The first-order valence-corrected chi connectivity index (χ1v) is 7.82. The minimum absolute atomic E-state index is 0.0350. The molecule has 0 aromatic rings. The van der Waals surface area contributed by atoms with Crippen LogP contribution in [-0.2, 0) is 9.59 Å². The average Bonchev–Trinajstić information content (AvgIpc) is 2.77. The van der Waals surface area contributed by atoms with E-state index in [1.165, 1.54) is 19.3 Å². The summed E-state index contributed by atoms with van der Waals surface area (Å²) in [5.74, 6) is 1.87. The van der Waals surface area contributed by atoms with E-state index in [2.05, 4.69) is 13.8 Å². The molecule has 1 aliphatic heterocycles. The van der Waals surface area contributed by atoms with Crippen LogP contribution in [0.5, 0.6) is 0 Å². The molecule has 3 heteroatoms. The predicted molar refractivity (Wildman–Crippen MR) is 75.7 cm³/mol. The molecule has 1 aliphatic carbocycles. The molecule has 1 heterocycles. The molecule has 1 saturated carbocycles. The molecule has 2 rings (SSSR count). The molecule has 1 saturated heterocycles. The van der Waals surface area contributed by atoms with Crippen LogP contribution in [0, 0.1) is 23.7 Å². The highest BCUT2D eigenvalue weighted by molar-refractivity contribution is 5.91. The zero-order valence-electron chi connectivity index (χ0n) is 12.5. The van der Waals surface area contributed by atoms with Gasteiger partial charge in [-0.2, -0.15) is 0 Å². The van der Waals surface area contributed by atoms with Gasteiger partial charge in [-0.05, 0) is 24.7 Å². The Morgan fingerprint density at radius 1 is 1.37 bits per heavy atom. The van der Waals surface area contributed by atoms with Crippen LogP contribution in [-0.4, -0.2) is 30.2 Å². The third-order valence-corrected chi connectivity index (χ3v) is 5.30. The molecule has 0 bridgehead atoms. The number of hydrogen-bond acceptors (Lipinski definition) is 2. The normalized spacial score (nSPS) is 33.5. The Hall–Kier alpha value is -0.860. The molecule has 0 aromatic heterocycles. The first-order valence-electron chi connectivity index (χ1n) is 7.82. The number of hydrogen-bond donors (Lipinski definition) is 0. The summed E-state index contributed by atoms with van der Waals surface area (Å²) in [5.41, 5.74) is 0. The summed E-state index contributed by atoms with van der Waals surface area (Å²) in [6.07, 6.45) is 6.28. The van der Waals surface area contributed by atoms with Crippen molar-refractivity contribution in [2.75, 3.05) is 13.6 Å². The van der Waals surface area contributed by atoms with E-state index < -0.39 is 0 Å². The SMILES string of the molecule is CCC(C)C1CCCCC1C(=O)C1CC(=O)N(C)C1. The number of carbonyl (C=O) groups is 2. The number of likely N-dealkylation sites (tertiary alicyclic amines) is 1. The molecule has 3 nitrogen and oxygen atoms in total. The van der Waals surface area contributed by atoms with Crippen molar-refractivity contribution in [2.24, 2.45) is 23.7 Å². The number of Topliss-reactive ketones (excluding diaryl/α,β-unsaturated/α-hetero) is 1. The van der Waals surface area contributed by atoms with Crippen molar-refractivity contribution >= 4 is 11.7 Å². The van der Waals surface area contributed by atoms with Crippen LogP contribution in [0.25, 0.3) is 0 Å². The monoisotopic (exact) mass is 265 g/mol. The molecule has 0 spiro atoms. The van der Waals surface area contributed by atoms with Gasteiger partial charge in [-0.15, -0.1) is 0 Å². The van der Waals surface area contributed by atoms with Gasteiger partial charge in [-0.3, -0.25) is 9.59 Å². The van der Waals surface area contributed by atoms with Gasteiger partial charge in [0, 0.05) is 31.8 Å². The molecule has 2 fully saturated rings. The van der Waals surface area contributed by atoms with E-state index in [1.807, 2.05) is 7.05 Å². The Bertz CT molecular complexity index is 353. The smallest absolute Gasteiger partial charge is 0.223 e. The Labute approximate surface area is 116 Å². The summed E-state index contributed by atoms with van der Waals surface area (Å²) >= 11 is 0. The molecular formula is C16H27NO2. The Balaban J connectivity index is 2.05. The number of rotatable bonds is 4. The minimum atomic E-state index is -0.0350. The number of ketones is 1. The van der Waals surface area contributed by atoms with E-state index in [1.54, 1.807) is 4.90 Å². The van der Waals surface area contributed by atoms with E-state index in [0.29, 0.717) is 30.6 Å². The third kappa shape index (κ3) is 3.01. The summed E-state index contributed by atoms with van der Waals surface area (Å²) in [6, 6.07) is 0. The quantitative estimate of drug-likeness (QED) is 0.784. The fourth-order valence-electron chi connectivity index (χ4n) is 3.85. The lowest BCUT2D eigenvalue weighted by Crippen LogP contribution is -2.35. The van der Waals surface area contributed by atoms with Crippen molar-refractivity contribution < 1.29 is 9.59 Å². The summed E-state index contributed by atoms with van der Waals surface area (Å²) in [6.45, 7) is 5.14. The first kappa shape index (κ1) is 14.5. The van der Waals surface area contributed by atoms with Gasteiger partial charge in [-0.25, -0.2) is 0 Å². The van der Waals surface area contributed by atoms with Crippen LogP contribution < -0.4 is 0 Å². The molecular weight excluding hydrogens is 238 g/mol. The van der Waals surface area contributed by atoms with Crippen molar-refractivity contribution in [1.29, 1.82) is 0 Å². The maximum Gasteiger partial charge on any atom is 0.223 e. The molecule has 19 heavy (non-hydrogen) atoms. The van der Waals surface area contributed by atoms with Gasteiger partial charge in [0.2, 0.25) is 5.91 Å². The largest absolute Gasteiger partial charge is 0.345 e. The fourth-order valence-corrected chi connectivity index (χ4v) is 3.85. The fraction of sp³-hybridized carbons (Fsp3) is 0.875. The second-order valence-electron chi connectivity index (χ2n) is 6.52. The standard InChI is InChI=1S/C16H27NO2/c1-4-11(2)13-7-5-6-8-14(13)16(19)12-9-15(18)17(3)10-12/h11-14H,4-10H2,1-3H3. The Morgan fingerprint density at radius 3 is 2.63 bits per heavy atom. The lowest BCUT2D eigenvalue weighted by Gasteiger charge is -2.35. The lowest BCUT2D eigenvalue weighted by molar-refractivity contribution is -0.131. The Morgan fingerprint density at radius 2 is 2.05 bits per heavy atom. The van der Waals surface area contributed by atoms with Crippen molar-refractivity contribution in [3.05, 3.63) is 0 Å². The minimum Gasteiger partial charge on any atom is -0.345 e. The summed E-state index contributed by atoms with van der Waals surface area (Å²) in [7, 11) is 1.81. The molecule has 1 amide bonds. The molecule has 2 aliphatic rings. The molecule has 4 unspecified atom stereocenters. The van der Waals surface area contributed by atoms with Crippen molar-refractivity contribution in [3.63, 3.8) is 0 Å². The van der Waals surface area contributed by atoms with Crippen molar-refractivity contribution in [3.8, 4) is 0 Å². The zero-order chi connectivity index (χ0) is 14.0. The van der Waals surface area contributed by atoms with Crippen LogP contribution in [0.4, 0.5) is 0 Å². The van der Waals surface area contributed by atoms with E-state index in [9.17, 15) is 9.59 Å². The summed E-state index contributed by atoms with van der Waals surface area (Å²) in [4.78, 5) is 26.1. The van der Waals surface area contributed by atoms with Crippen LogP contribution in [0.15, 0.2) is 0 Å². The van der Waals surface area contributed by atoms with Gasteiger partial charge < -0.3 is 4.90 Å². The zero-order valence-corrected chi connectivity index (χ0v) is 12.5. The number of nitrogens with zero attached hydrogens (tertiary/aromatic N) is 1.